The van der Waals surface area contributed by atoms with Crippen molar-refractivity contribution in [2.24, 2.45) is 4.99 Å². The molecule has 1 aromatic rings. The summed E-state index contributed by atoms with van der Waals surface area (Å²) in [6, 6.07) is 0. The number of fused-ring (bicyclic) bond motifs is 1. The number of rotatable bonds is 3. The molecule has 1 saturated heterocycles. The number of aromatic nitrogens is 1. The average molecular weight is 311 g/mol. The summed E-state index contributed by atoms with van der Waals surface area (Å²) in [4.78, 5) is 30.7. The Kier molecular flexibility index (Phi) is 4.18. The Morgan fingerprint density at radius 2 is 2.48 bits per heavy atom. The molecule has 0 spiro atoms. The molecular weight excluding hydrogens is 294 g/mol. The number of nitrogens with zero attached hydrogens (tertiary/aromatic N) is 3. The zero-order valence-electron chi connectivity index (χ0n) is 11.8. The van der Waals surface area contributed by atoms with Gasteiger partial charge in [0.2, 0.25) is 0 Å². The van der Waals surface area contributed by atoms with Crippen molar-refractivity contribution in [2.75, 3.05) is 26.9 Å². The van der Waals surface area contributed by atoms with E-state index in [1.807, 2.05) is 0 Å². The Hall–Kier alpha value is -1.51. The molecule has 1 aromatic heterocycles. The highest BCUT2D eigenvalue weighted by atomic mass is 32.1. The summed E-state index contributed by atoms with van der Waals surface area (Å²) in [5, 5.41) is 0. The van der Waals surface area contributed by atoms with Crippen LogP contribution in [0.4, 0.5) is 0 Å². The highest BCUT2D eigenvalue weighted by Gasteiger charge is 2.22. The fourth-order valence-corrected chi connectivity index (χ4v) is 3.44. The summed E-state index contributed by atoms with van der Waals surface area (Å²) < 4.78 is 12.1. The number of esters is 1. The second kappa shape index (κ2) is 6.08. The molecule has 2 aliphatic heterocycles. The molecule has 114 valence electrons. The fraction of sp³-hybridized carbons (Fsp3) is 0.615. The Morgan fingerprint density at radius 3 is 3.19 bits per heavy atom. The standard InChI is InChI=1S/C13H17N3O4S/c1-19-11(17)5-10-12(18)16-8-15(7-14-13(16)21-10)6-9-3-2-4-20-9/h5,9H,2-4,6-8H2,1H3/b10-5-/t9-/m1/s1. The van der Waals surface area contributed by atoms with Gasteiger partial charge in [-0.3, -0.25) is 14.3 Å². The van der Waals surface area contributed by atoms with Crippen LogP contribution in [0.2, 0.25) is 0 Å². The molecule has 0 unspecified atom stereocenters. The minimum Gasteiger partial charge on any atom is -0.466 e. The first kappa shape index (κ1) is 14.4. The lowest BCUT2D eigenvalue weighted by Crippen LogP contribution is -2.45. The van der Waals surface area contributed by atoms with Crippen molar-refractivity contribution in [3.8, 4) is 0 Å². The monoisotopic (exact) mass is 311 g/mol. The fourth-order valence-electron chi connectivity index (χ4n) is 2.51. The highest BCUT2D eigenvalue weighted by Crippen LogP contribution is 2.13. The van der Waals surface area contributed by atoms with Crippen LogP contribution in [0.15, 0.2) is 9.79 Å². The number of thiazole rings is 1. The van der Waals surface area contributed by atoms with E-state index in [1.54, 1.807) is 4.57 Å². The van der Waals surface area contributed by atoms with E-state index >= 15 is 0 Å². The zero-order valence-corrected chi connectivity index (χ0v) is 12.6. The SMILES string of the molecule is COC(=O)/C=c1\sc2n(c1=O)CN(C[C@H]1CCCO1)CN=2. The van der Waals surface area contributed by atoms with Gasteiger partial charge in [-0.2, -0.15) is 0 Å². The van der Waals surface area contributed by atoms with Gasteiger partial charge >= 0.3 is 5.97 Å². The Labute approximate surface area is 125 Å². The lowest BCUT2D eigenvalue weighted by atomic mass is 10.2. The van der Waals surface area contributed by atoms with Crippen LogP contribution >= 0.6 is 11.3 Å². The Morgan fingerprint density at radius 1 is 1.62 bits per heavy atom. The molecule has 0 radical (unpaired) electrons. The molecule has 0 aliphatic carbocycles. The first-order valence-corrected chi connectivity index (χ1v) is 7.67. The molecule has 1 atom stereocenters. The third-order valence-corrected chi connectivity index (χ3v) is 4.62. The van der Waals surface area contributed by atoms with Crippen molar-refractivity contribution in [3.63, 3.8) is 0 Å². The second-order valence-corrected chi connectivity index (χ2v) is 6.09. The van der Waals surface area contributed by atoms with E-state index in [4.69, 9.17) is 4.74 Å². The molecule has 3 heterocycles. The van der Waals surface area contributed by atoms with Crippen molar-refractivity contribution in [2.45, 2.75) is 25.6 Å². The summed E-state index contributed by atoms with van der Waals surface area (Å²) in [5.74, 6) is -0.525. The van der Waals surface area contributed by atoms with Crippen LogP contribution < -0.4 is 14.9 Å². The van der Waals surface area contributed by atoms with Crippen molar-refractivity contribution < 1.29 is 14.3 Å². The van der Waals surface area contributed by atoms with Crippen LogP contribution in [0.25, 0.3) is 6.08 Å². The van der Waals surface area contributed by atoms with Gasteiger partial charge in [-0.1, -0.05) is 11.3 Å². The molecule has 0 N–H and O–H groups in total. The maximum atomic E-state index is 12.3. The topological polar surface area (TPSA) is 73.1 Å². The van der Waals surface area contributed by atoms with Crippen molar-refractivity contribution >= 4 is 23.4 Å². The Balaban J connectivity index is 1.81. The molecule has 2 aliphatic rings. The van der Waals surface area contributed by atoms with Gasteiger partial charge in [-0.15, -0.1) is 0 Å². The average Bonchev–Trinajstić information content (AvgIpc) is 3.09. The number of hydrogen-bond donors (Lipinski definition) is 0. The normalized spacial score (nSPS) is 22.9. The van der Waals surface area contributed by atoms with Crippen LogP contribution in [-0.2, 0) is 20.9 Å². The molecule has 3 rings (SSSR count). The van der Waals surface area contributed by atoms with E-state index in [2.05, 4.69) is 14.6 Å². The van der Waals surface area contributed by atoms with Gasteiger partial charge in [0.15, 0.2) is 4.80 Å². The molecule has 0 bridgehead atoms. The van der Waals surface area contributed by atoms with E-state index in [0.717, 1.165) is 26.0 Å². The van der Waals surface area contributed by atoms with Crippen molar-refractivity contribution in [3.05, 3.63) is 19.7 Å². The molecule has 0 aromatic carbocycles. The quantitative estimate of drug-likeness (QED) is 0.662. The smallest absolute Gasteiger partial charge is 0.332 e. The van der Waals surface area contributed by atoms with Gasteiger partial charge in [0.1, 0.15) is 4.53 Å². The largest absolute Gasteiger partial charge is 0.466 e. The molecule has 7 nitrogen and oxygen atoms in total. The van der Waals surface area contributed by atoms with Gasteiger partial charge < -0.3 is 9.47 Å². The van der Waals surface area contributed by atoms with Gasteiger partial charge in [0.05, 0.1) is 26.6 Å². The third kappa shape index (κ3) is 3.07. The lowest BCUT2D eigenvalue weighted by Gasteiger charge is -2.25. The second-order valence-electron chi connectivity index (χ2n) is 5.08. The molecule has 8 heteroatoms. The van der Waals surface area contributed by atoms with Gasteiger partial charge in [-0.25, -0.2) is 9.79 Å². The predicted octanol–water partition coefficient (Wildman–Crippen LogP) is -1.11. The van der Waals surface area contributed by atoms with Crippen molar-refractivity contribution in [1.29, 1.82) is 0 Å². The molecule has 0 saturated carbocycles. The third-order valence-electron chi connectivity index (χ3n) is 3.57. The molecule has 21 heavy (non-hydrogen) atoms. The van der Waals surface area contributed by atoms with Crippen LogP contribution in [0.1, 0.15) is 12.8 Å². The van der Waals surface area contributed by atoms with E-state index in [0.29, 0.717) is 22.7 Å². The number of carbonyl (C=O) groups is 1. The van der Waals surface area contributed by atoms with Crippen molar-refractivity contribution in [1.82, 2.24) is 9.47 Å². The van der Waals surface area contributed by atoms with Gasteiger partial charge in [-0.05, 0) is 12.8 Å². The van der Waals surface area contributed by atoms with Gasteiger partial charge in [0.25, 0.3) is 5.56 Å². The maximum Gasteiger partial charge on any atom is 0.332 e. The molecular formula is C13H17N3O4S. The van der Waals surface area contributed by atoms with E-state index in [9.17, 15) is 9.59 Å². The number of ether oxygens (including phenoxy) is 2. The van der Waals surface area contributed by atoms with Crippen LogP contribution in [0.3, 0.4) is 0 Å². The first-order valence-electron chi connectivity index (χ1n) is 6.85. The van der Waals surface area contributed by atoms with Gasteiger partial charge in [0, 0.05) is 19.2 Å². The number of hydrogen-bond acceptors (Lipinski definition) is 7. The van der Waals surface area contributed by atoms with E-state index in [1.165, 1.54) is 24.5 Å². The molecule has 0 amide bonds. The maximum absolute atomic E-state index is 12.3. The predicted molar refractivity (Wildman–Crippen MR) is 76.4 cm³/mol. The summed E-state index contributed by atoms with van der Waals surface area (Å²) >= 11 is 1.22. The van der Waals surface area contributed by atoms with E-state index < -0.39 is 5.97 Å². The lowest BCUT2D eigenvalue weighted by molar-refractivity contribution is -0.133. The molecule has 1 fully saturated rings. The van der Waals surface area contributed by atoms with Crippen LogP contribution in [-0.4, -0.2) is 48.5 Å². The first-order chi connectivity index (χ1) is 10.2. The Bertz CT molecular complexity index is 702. The van der Waals surface area contributed by atoms with Crippen LogP contribution in [0.5, 0.6) is 0 Å². The van der Waals surface area contributed by atoms with Crippen LogP contribution in [0, 0.1) is 0 Å². The minimum absolute atomic E-state index is 0.193. The summed E-state index contributed by atoms with van der Waals surface area (Å²) in [6.07, 6.45) is 3.61. The zero-order chi connectivity index (χ0) is 14.8. The number of methoxy groups -OCH3 is 1. The summed E-state index contributed by atoms with van der Waals surface area (Å²) in [7, 11) is 1.29. The highest BCUT2D eigenvalue weighted by molar-refractivity contribution is 7.07. The number of carbonyl (C=O) groups excluding carboxylic acids is 1. The van der Waals surface area contributed by atoms with E-state index in [-0.39, 0.29) is 11.7 Å². The summed E-state index contributed by atoms with van der Waals surface area (Å²) in [6.45, 7) is 2.64. The minimum atomic E-state index is -0.525. The summed E-state index contributed by atoms with van der Waals surface area (Å²) in [5.41, 5.74) is -0.193.